The van der Waals surface area contributed by atoms with Gasteiger partial charge in [0.05, 0.1) is 12.2 Å². The summed E-state index contributed by atoms with van der Waals surface area (Å²) in [5, 5.41) is 18.1. The largest absolute Gasteiger partial charge is 0.459 e. The molecule has 0 heterocycles. The molecule has 168 valence electrons. The fraction of sp³-hybridized carbons (Fsp3) is 0.478. The smallest absolute Gasteiger partial charge is 0.349 e. The molecule has 8 nitrogen and oxygen atoms in total. The van der Waals surface area contributed by atoms with Crippen molar-refractivity contribution in [1.82, 2.24) is 9.80 Å². The van der Waals surface area contributed by atoms with Gasteiger partial charge in [-0.1, -0.05) is 0 Å². The number of nitrogens with zero attached hydrogens (tertiary/aromatic N) is 4. The molecule has 0 saturated carbocycles. The highest BCUT2D eigenvalue weighted by molar-refractivity contribution is 5.93. The minimum absolute atomic E-state index is 0.0507. The van der Waals surface area contributed by atoms with Crippen LogP contribution in [0.4, 0.5) is 0 Å². The van der Waals surface area contributed by atoms with Crippen molar-refractivity contribution in [2.24, 2.45) is 0 Å². The average Bonchev–Trinajstić information content (AvgIpc) is 2.67. The molecule has 0 bridgehead atoms. The Bertz CT molecular complexity index is 729. The van der Waals surface area contributed by atoms with Crippen LogP contribution in [-0.2, 0) is 19.1 Å². The molecule has 0 aliphatic carbocycles. The summed E-state index contributed by atoms with van der Waals surface area (Å²) in [7, 11) is 3.78. The number of ether oxygens (including phenoxy) is 2. The van der Waals surface area contributed by atoms with Gasteiger partial charge in [0.2, 0.25) is 0 Å². The second-order valence-corrected chi connectivity index (χ2v) is 7.29. The third-order valence-electron chi connectivity index (χ3n) is 3.59. The fourth-order valence-electron chi connectivity index (χ4n) is 2.15. The summed E-state index contributed by atoms with van der Waals surface area (Å²) in [6.45, 7) is 8.40. The van der Waals surface area contributed by atoms with E-state index in [1.54, 1.807) is 52.2 Å². The summed E-state index contributed by atoms with van der Waals surface area (Å²) in [5.41, 5.74) is -0.101. The number of allylic oxidation sites excluding steroid dienone is 4. The lowest BCUT2D eigenvalue weighted by Crippen LogP contribution is -2.19. The van der Waals surface area contributed by atoms with Gasteiger partial charge in [-0.3, -0.25) is 0 Å². The van der Waals surface area contributed by atoms with Crippen LogP contribution in [0.2, 0.25) is 0 Å². The predicted molar refractivity (Wildman–Crippen MR) is 118 cm³/mol. The third kappa shape index (κ3) is 13.3. The van der Waals surface area contributed by atoms with Gasteiger partial charge in [0, 0.05) is 27.2 Å². The van der Waals surface area contributed by atoms with E-state index >= 15 is 0 Å². The maximum absolute atomic E-state index is 11.7. The lowest BCUT2D eigenvalue weighted by atomic mass is 10.2. The van der Waals surface area contributed by atoms with Crippen molar-refractivity contribution < 1.29 is 19.1 Å². The van der Waals surface area contributed by atoms with Crippen LogP contribution in [0.3, 0.4) is 0 Å². The van der Waals surface area contributed by atoms with Crippen molar-refractivity contribution in [3.8, 4) is 12.1 Å². The maximum atomic E-state index is 11.7. The first-order chi connectivity index (χ1) is 14.6. The summed E-state index contributed by atoms with van der Waals surface area (Å²) in [6, 6.07) is 3.67. The Morgan fingerprint density at radius 1 is 0.806 bits per heavy atom. The lowest BCUT2D eigenvalue weighted by Gasteiger charge is -2.17. The molecule has 31 heavy (non-hydrogen) atoms. The molecule has 0 spiro atoms. The van der Waals surface area contributed by atoms with Gasteiger partial charge in [-0.25, -0.2) is 9.59 Å². The molecule has 0 N–H and O–H groups in total. The Hall–Kier alpha value is -3.52. The third-order valence-corrected chi connectivity index (χ3v) is 3.59. The van der Waals surface area contributed by atoms with Gasteiger partial charge in [0.1, 0.15) is 23.3 Å². The van der Waals surface area contributed by atoms with Gasteiger partial charge in [-0.15, -0.1) is 0 Å². The molecule has 0 aromatic carbocycles. The number of nitriles is 2. The van der Waals surface area contributed by atoms with Crippen molar-refractivity contribution in [1.29, 1.82) is 10.5 Å². The molecule has 0 amide bonds. The molecule has 0 aliphatic rings. The molecule has 0 saturated heterocycles. The Labute approximate surface area is 185 Å². The average molecular weight is 429 g/mol. The molecule has 0 rings (SSSR count). The van der Waals surface area contributed by atoms with Crippen LogP contribution in [0.1, 0.15) is 34.1 Å². The van der Waals surface area contributed by atoms with Crippen LogP contribution in [-0.4, -0.2) is 61.1 Å². The van der Waals surface area contributed by atoms with E-state index in [1.807, 2.05) is 36.0 Å². The van der Waals surface area contributed by atoms with Crippen LogP contribution in [0.25, 0.3) is 0 Å². The fourth-order valence-corrected chi connectivity index (χ4v) is 2.15. The first-order valence-electron chi connectivity index (χ1n) is 10.00. The Morgan fingerprint density at radius 3 is 1.45 bits per heavy atom. The summed E-state index contributed by atoms with van der Waals surface area (Å²) in [5.74, 6) is -1.27. The van der Waals surface area contributed by atoms with Gasteiger partial charge in [-0.05, 0) is 70.8 Å². The van der Waals surface area contributed by atoms with E-state index in [-0.39, 0.29) is 23.4 Å². The topological polar surface area (TPSA) is 107 Å². The normalized spacial score (nSPS) is 12.2. The Balaban J connectivity index is 4.52. The number of esters is 2. The minimum atomic E-state index is -0.635. The zero-order chi connectivity index (χ0) is 23.8. The van der Waals surface area contributed by atoms with E-state index in [9.17, 15) is 9.59 Å². The van der Waals surface area contributed by atoms with Crippen molar-refractivity contribution in [3.63, 3.8) is 0 Å². The summed E-state index contributed by atoms with van der Waals surface area (Å²) in [4.78, 5) is 27.3. The Morgan fingerprint density at radius 2 is 1.16 bits per heavy atom. The van der Waals surface area contributed by atoms with E-state index in [4.69, 9.17) is 20.0 Å². The first kappa shape index (κ1) is 27.5. The summed E-state index contributed by atoms with van der Waals surface area (Å²) < 4.78 is 10.00. The van der Waals surface area contributed by atoms with E-state index in [1.165, 1.54) is 12.2 Å². The van der Waals surface area contributed by atoms with Gasteiger partial charge in [0.25, 0.3) is 0 Å². The quantitative estimate of drug-likeness (QED) is 0.202. The molecule has 0 aliphatic heterocycles. The molecule has 8 heteroatoms. The number of hydrogen-bond donors (Lipinski definition) is 0. The molecule has 0 radical (unpaired) electrons. The summed E-state index contributed by atoms with van der Waals surface area (Å²) >= 11 is 0. The van der Waals surface area contributed by atoms with Crippen LogP contribution in [0.5, 0.6) is 0 Å². The van der Waals surface area contributed by atoms with E-state index in [0.717, 1.165) is 19.5 Å². The zero-order valence-corrected chi connectivity index (χ0v) is 19.2. The first-order valence-corrected chi connectivity index (χ1v) is 10.00. The van der Waals surface area contributed by atoms with Crippen LogP contribution < -0.4 is 0 Å². The van der Waals surface area contributed by atoms with E-state index < -0.39 is 11.9 Å². The molecule has 0 unspecified atom stereocenters. The molecule has 0 aromatic heterocycles. The monoisotopic (exact) mass is 428 g/mol. The zero-order valence-electron chi connectivity index (χ0n) is 19.2. The highest BCUT2D eigenvalue weighted by Crippen LogP contribution is 2.03. The molecular formula is C23H32N4O4. The van der Waals surface area contributed by atoms with Gasteiger partial charge < -0.3 is 19.3 Å². The van der Waals surface area contributed by atoms with Gasteiger partial charge in [-0.2, -0.15) is 10.5 Å². The maximum Gasteiger partial charge on any atom is 0.349 e. The Kier molecular flexibility index (Phi) is 13.6. The van der Waals surface area contributed by atoms with Crippen molar-refractivity contribution in [2.45, 2.75) is 46.3 Å². The van der Waals surface area contributed by atoms with Crippen LogP contribution in [0, 0.1) is 22.7 Å². The number of carbonyl (C=O) groups excluding carboxylic acids is 2. The molecular weight excluding hydrogens is 396 g/mol. The highest BCUT2D eigenvalue weighted by atomic mass is 16.5. The molecule has 0 aromatic rings. The van der Waals surface area contributed by atoms with Crippen molar-refractivity contribution >= 4 is 11.9 Å². The number of rotatable bonds is 12. The van der Waals surface area contributed by atoms with Crippen molar-refractivity contribution in [3.05, 3.63) is 47.9 Å². The van der Waals surface area contributed by atoms with E-state index in [0.29, 0.717) is 0 Å². The second kappa shape index (κ2) is 15.3. The standard InChI is InChI=1S/C23H32N4O4/c1-18(2)30-22(28)20(16-24)10-7-12-26(5)14-9-15-27(6)13-8-11-21(17-25)23(29)31-19(3)4/h7-8,10-13,18-19H,9,14-15H2,1-6H3/b12-7+,13-8+,20-10+,21-11+. The van der Waals surface area contributed by atoms with Gasteiger partial charge >= 0.3 is 11.9 Å². The van der Waals surface area contributed by atoms with Crippen LogP contribution in [0.15, 0.2) is 47.9 Å². The minimum Gasteiger partial charge on any atom is -0.459 e. The molecule has 0 atom stereocenters. The lowest BCUT2D eigenvalue weighted by molar-refractivity contribution is -0.143. The number of hydrogen-bond acceptors (Lipinski definition) is 8. The SMILES string of the molecule is CC(C)OC(=O)/C(C#N)=C/C=C/N(C)CCCN(C)/C=C/C=C(\C#N)C(=O)OC(C)C. The number of carbonyl (C=O) groups is 2. The van der Waals surface area contributed by atoms with E-state index in [2.05, 4.69) is 0 Å². The van der Waals surface area contributed by atoms with Crippen LogP contribution >= 0.6 is 0 Å². The second-order valence-electron chi connectivity index (χ2n) is 7.29. The predicted octanol–water partition coefficient (Wildman–Crippen LogP) is 3.07. The highest BCUT2D eigenvalue weighted by Gasteiger charge is 2.11. The summed E-state index contributed by atoms with van der Waals surface area (Å²) in [6.07, 6.45) is 9.96. The van der Waals surface area contributed by atoms with Gasteiger partial charge in [0.15, 0.2) is 0 Å². The van der Waals surface area contributed by atoms with Crippen molar-refractivity contribution in [2.75, 3.05) is 27.2 Å². The molecule has 0 fully saturated rings.